The Labute approximate surface area is 118 Å². The molecule has 1 heterocycles. The number of nitrogens with one attached hydrogen (secondary N) is 1. The molecule has 0 aliphatic rings. The maximum absolute atomic E-state index is 13.7. The maximum atomic E-state index is 13.7. The van der Waals surface area contributed by atoms with E-state index in [1.807, 2.05) is 13.0 Å². The summed E-state index contributed by atoms with van der Waals surface area (Å²) in [6.45, 7) is 1.86. The predicted molar refractivity (Wildman–Crippen MR) is 74.4 cm³/mol. The van der Waals surface area contributed by atoms with E-state index in [1.165, 1.54) is 23.5 Å². The minimum atomic E-state index is -0.649. The smallest absolute Gasteiger partial charge is 0.272 e. The minimum absolute atomic E-state index is 0.131. The standard InChI is InChI=1S/C12H10ClFN2O2S/c1-7(11-4-5-12(13)19-11)15-10-3-2-8(16(17)18)6-9(10)14/h2-7,15H,1H3. The molecule has 1 atom stereocenters. The largest absolute Gasteiger partial charge is 0.375 e. The third kappa shape index (κ3) is 3.21. The number of hydrogen-bond acceptors (Lipinski definition) is 4. The SMILES string of the molecule is CC(Nc1ccc([N+](=O)[O-])cc1F)c1ccc(Cl)s1. The van der Waals surface area contributed by atoms with Gasteiger partial charge in [-0.25, -0.2) is 4.39 Å². The number of benzene rings is 1. The molecule has 2 rings (SSSR count). The molecule has 0 amide bonds. The van der Waals surface area contributed by atoms with Gasteiger partial charge in [-0.3, -0.25) is 10.1 Å². The number of hydrogen-bond donors (Lipinski definition) is 1. The zero-order chi connectivity index (χ0) is 14.0. The van der Waals surface area contributed by atoms with E-state index in [0.717, 1.165) is 10.9 Å². The molecule has 2 aromatic rings. The topological polar surface area (TPSA) is 55.2 Å². The zero-order valence-electron chi connectivity index (χ0n) is 9.89. The average molecular weight is 301 g/mol. The highest BCUT2D eigenvalue weighted by molar-refractivity contribution is 7.16. The number of non-ortho nitro benzene ring substituents is 1. The molecule has 0 bridgehead atoms. The van der Waals surface area contributed by atoms with Crippen molar-refractivity contribution >= 4 is 34.3 Å². The number of rotatable bonds is 4. The number of nitro benzene ring substituents is 1. The molecule has 1 unspecified atom stereocenters. The predicted octanol–water partition coefficient (Wildman–Crippen LogP) is 4.62. The summed E-state index contributed by atoms with van der Waals surface area (Å²) in [5, 5.41) is 13.5. The molecule has 0 saturated carbocycles. The Hall–Kier alpha value is -1.66. The van der Waals surface area contributed by atoms with Crippen LogP contribution in [-0.2, 0) is 0 Å². The Morgan fingerprint density at radius 2 is 2.16 bits per heavy atom. The molecule has 1 aromatic carbocycles. The van der Waals surface area contributed by atoms with Gasteiger partial charge in [-0.2, -0.15) is 0 Å². The molecule has 1 aromatic heterocycles. The van der Waals surface area contributed by atoms with Crippen LogP contribution >= 0.6 is 22.9 Å². The molecule has 0 saturated heterocycles. The van der Waals surface area contributed by atoms with Gasteiger partial charge in [0.2, 0.25) is 0 Å². The Balaban J connectivity index is 2.17. The van der Waals surface area contributed by atoms with Crippen molar-refractivity contribution in [2.75, 3.05) is 5.32 Å². The minimum Gasteiger partial charge on any atom is -0.375 e. The lowest BCUT2D eigenvalue weighted by Gasteiger charge is -2.14. The molecule has 100 valence electrons. The maximum Gasteiger partial charge on any atom is 0.272 e. The highest BCUT2D eigenvalue weighted by atomic mass is 35.5. The van der Waals surface area contributed by atoms with Gasteiger partial charge in [0.25, 0.3) is 5.69 Å². The second-order valence-corrected chi connectivity index (χ2v) is 5.68. The number of thiophene rings is 1. The fourth-order valence-corrected chi connectivity index (χ4v) is 2.66. The first-order valence-electron chi connectivity index (χ1n) is 5.43. The highest BCUT2D eigenvalue weighted by Gasteiger charge is 2.14. The van der Waals surface area contributed by atoms with E-state index < -0.39 is 10.7 Å². The van der Waals surface area contributed by atoms with Crippen LogP contribution in [0.15, 0.2) is 30.3 Å². The Morgan fingerprint density at radius 3 is 2.68 bits per heavy atom. The average Bonchev–Trinajstić information content (AvgIpc) is 2.78. The molecule has 0 radical (unpaired) electrons. The molecular weight excluding hydrogens is 291 g/mol. The van der Waals surface area contributed by atoms with Gasteiger partial charge in [0.15, 0.2) is 5.82 Å². The second-order valence-electron chi connectivity index (χ2n) is 3.93. The van der Waals surface area contributed by atoms with Crippen molar-refractivity contribution < 1.29 is 9.31 Å². The molecule has 1 N–H and O–H groups in total. The number of halogens is 2. The van der Waals surface area contributed by atoms with Gasteiger partial charge >= 0.3 is 0 Å². The van der Waals surface area contributed by atoms with Crippen molar-refractivity contribution in [1.82, 2.24) is 0 Å². The number of nitro groups is 1. The van der Waals surface area contributed by atoms with E-state index in [1.54, 1.807) is 6.07 Å². The van der Waals surface area contributed by atoms with Crippen molar-refractivity contribution in [3.8, 4) is 0 Å². The van der Waals surface area contributed by atoms with Crippen molar-refractivity contribution in [1.29, 1.82) is 0 Å². The molecule has 0 fully saturated rings. The van der Waals surface area contributed by atoms with Gasteiger partial charge in [0, 0.05) is 10.9 Å². The van der Waals surface area contributed by atoms with E-state index in [0.29, 0.717) is 4.34 Å². The normalized spacial score (nSPS) is 12.2. The van der Waals surface area contributed by atoms with Crippen LogP contribution in [0.3, 0.4) is 0 Å². The van der Waals surface area contributed by atoms with Crippen LogP contribution in [0.4, 0.5) is 15.8 Å². The first-order chi connectivity index (χ1) is 8.97. The van der Waals surface area contributed by atoms with Gasteiger partial charge < -0.3 is 5.32 Å². The van der Waals surface area contributed by atoms with Crippen LogP contribution in [0, 0.1) is 15.9 Å². The summed E-state index contributed by atoms with van der Waals surface area (Å²) >= 11 is 7.24. The Morgan fingerprint density at radius 1 is 1.42 bits per heavy atom. The molecule has 19 heavy (non-hydrogen) atoms. The summed E-state index contributed by atoms with van der Waals surface area (Å²) in [4.78, 5) is 10.8. The monoisotopic (exact) mass is 300 g/mol. The van der Waals surface area contributed by atoms with Gasteiger partial charge in [-0.1, -0.05) is 11.6 Å². The van der Waals surface area contributed by atoms with E-state index in [9.17, 15) is 14.5 Å². The Bertz CT molecular complexity index is 618. The number of nitrogens with zero attached hydrogens (tertiary/aromatic N) is 1. The summed E-state index contributed by atoms with van der Waals surface area (Å²) < 4.78 is 14.4. The summed E-state index contributed by atoms with van der Waals surface area (Å²) in [6, 6.07) is 7.02. The fourth-order valence-electron chi connectivity index (χ4n) is 1.60. The summed E-state index contributed by atoms with van der Waals surface area (Å²) in [5.41, 5.74) is -0.0440. The van der Waals surface area contributed by atoms with E-state index >= 15 is 0 Å². The Kier molecular flexibility index (Phi) is 4.01. The molecular formula is C12H10ClFN2O2S. The van der Waals surface area contributed by atoms with Gasteiger partial charge in [-0.15, -0.1) is 11.3 Å². The molecule has 7 heteroatoms. The van der Waals surface area contributed by atoms with E-state index in [4.69, 9.17) is 11.6 Å². The highest BCUT2D eigenvalue weighted by Crippen LogP contribution is 2.30. The van der Waals surface area contributed by atoms with Crippen LogP contribution < -0.4 is 5.32 Å². The van der Waals surface area contributed by atoms with Crippen molar-refractivity contribution in [2.24, 2.45) is 0 Å². The zero-order valence-corrected chi connectivity index (χ0v) is 11.5. The van der Waals surface area contributed by atoms with E-state index in [-0.39, 0.29) is 17.4 Å². The van der Waals surface area contributed by atoms with Crippen LogP contribution in [0.5, 0.6) is 0 Å². The summed E-state index contributed by atoms with van der Waals surface area (Å²) in [6.07, 6.45) is 0. The quantitative estimate of drug-likeness (QED) is 0.662. The molecule has 0 spiro atoms. The summed E-state index contributed by atoms with van der Waals surface area (Å²) in [5.74, 6) is -0.649. The first kappa shape index (κ1) is 13.8. The third-order valence-electron chi connectivity index (χ3n) is 2.56. The lowest BCUT2D eigenvalue weighted by Crippen LogP contribution is -2.06. The fraction of sp³-hybridized carbons (Fsp3) is 0.167. The lowest BCUT2D eigenvalue weighted by molar-refractivity contribution is -0.385. The summed E-state index contributed by atoms with van der Waals surface area (Å²) in [7, 11) is 0. The van der Waals surface area contributed by atoms with Crippen molar-refractivity contribution in [3.63, 3.8) is 0 Å². The number of anilines is 1. The van der Waals surface area contributed by atoms with E-state index in [2.05, 4.69) is 5.32 Å². The van der Waals surface area contributed by atoms with Gasteiger partial charge in [0.1, 0.15) is 0 Å². The first-order valence-corrected chi connectivity index (χ1v) is 6.62. The second kappa shape index (κ2) is 5.54. The van der Waals surface area contributed by atoms with Crippen molar-refractivity contribution in [2.45, 2.75) is 13.0 Å². The molecule has 4 nitrogen and oxygen atoms in total. The van der Waals surface area contributed by atoms with Gasteiger partial charge in [0.05, 0.1) is 27.1 Å². The van der Waals surface area contributed by atoms with Crippen LogP contribution in [-0.4, -0.2) is 4.92 Å². The lowest BCUT2D eigenvalue weighted by atomic mass is 10.2. The molecule has 0 aliphatic carbocycles. The van der Waals surface area contributed by atoms with Crippen LogP contribution in [0.1, 0.15) is 17.8 Å². The van der Waals surface area contributed by atoms with Crippen LogP contribution in [0.2, 0.25) is 4.34 Å². The van der Waals surface area contributed by atoms with Crippen LogP contribution in [0.25, 0.3) is 0 Å². The molecule has 0 aliphatic heterocycles. The third-order valence-corrected chi connectivity index (χ3v) is 3.97. The van der Waals surface area contributed by atoms with Gasteiger partial charge in [-0.05, 0) is 25.1 Å². The van der Waals surface area contributed by atoms with Crippen molar-refractivity contribution in [3.05, 3.63) is 55.5 Å².